The number of rotatable bonds is 8. The number of benzene rings is 1. The first-order chi connectivity index (χ1) is 9.08. The Morgan fingerprint density at radius 2 is 1.89 bits per heavy atom. The van der Waals surface area contributed by atoms with E-state index in [1.807, 2.05) is 0 Å². The van der Waals surface area contributed by atoms with Crippen LogP contribution in [-0.4, -0.2) is 45.2 Å². The van der Waals surface area contributed by atoms with Crippen molar-refractivity contribution in [2.75, 3.05) is 45.2 Å². The van der Waals surface area contributed by atoms with Crippen LogP contribution in [0, 0.1) is 0 Å². The van der Waals surface area contributed by atoms with Crippen molar-refractivity contribution >= 4 is 21.6 Å². The maximum Gasteiger partial charge on any atom is 0.0378 e. The molecule has 0 saturated carbocycles. The lowest BCUT2D eigenvalue weighted by atomic mass is 10.1. The Kier molecular flexibility index (Phi) is 7.42. The van der Waals surface area contributed by atoms with Crippen LogP contribution < -0.4 is 10.6 Å². The first-order valence-electron chi connectivity index (χ1n) is 6.96. The molecule has 1 rings (SSSR count). The summed E-state index contributed by atoms with van der Waals surface area (Å²) in [5, 5.41) is 0. The molecule has 4 heteroatoms. The summed E-state index contributed by atoms with van der Waals surface area (Å²) in [5.41, 5.74) is 8.19. The Morgan fingerprint density at radius 3 is 2.42 bits per heavy atom. The van der Waals surface area contributed by atoms with Crippen LogP contribution in [0.25, 0.3) is 0 Å². The zero-order valence-corrected chi connectivity index (χ0v) is 13.9. The molecule has 0 aromatic heterocycles. The largest absolute Gasteiger partial charge is 0.370 e. The average Bonchev–Trinajstić information content (AvgIpc) is 2.37. The molecule has 0 radical (unpaired) electrons. The van der Waals surface area contributed by atoms with E-state index in [9.17, 15) is 0 Å². The molecule has 19 heavy (non-hydrogen) atoms. The van der Waals surface area contributed by atoms with E-state index in [-0.39, 0.29) is 0 Å². The van der Waals surface area contributed by atoms with Gasteiger partial charge in [0.15, 0.2) is 0 Å². The van der Waals surface area contributed by atoms with Gasteiger partial charge in [-0.05, 0) is 51.2 Å². The SMILES string of the molecule is CCCN(CCN(C)C)c1ccc(CCN)c(Br)c1. The van der Waals surface area contributed by atoms with Crippen LogP contribution in [0.15, 0.2) is 22.7 Å². The van der Waals surface area contributed by atoms with Crippen LogP contribution in [-0.2, 0) is 6.42 Å². The zero-order valence-electron chi connectivity index (χ0n) is 12.3. The summed E-state index contributed by atoms with van der Waals surface area (Å²) in [5.74, 6) is 0. The average molecular weight is 328 g/mol. The Labute approximate surface area is 125 Å². The highest BCUT2D eigenvalue weighted by Crippen LogP contribution is 2.24. The molecule has 0 amide bonds. The molecule has 0 bridgehead atoms. The maximum atomic E-state index is 5.62. The van der Waals surface area contributed by atoms with Gasteiger partial charge in [0.25, 0.3) is 0 Å². The van der Waals surface area contributed by atoms with Gasteiger partial charge in [-0.2, -0.15) is 0 Å². The van der Waals surface area contributed by atoms with Crippen molar-refractivity contribution in [3.63, 3.8) is 0 Å². The molecule has 0 aliphatic heterocycles. The van der Waals surface area contributed by atoms with Gasteiger partial charge in [-0.3, -0.25) is 0 Å². The highest BCUT2D eigenvalue weighted by molar-refractivity contribution is 9.10. The summed E-state index contributed by atoms with van der Waals surface area (Å²) in [4.78, 5) is 4.66. The molecule has 0 saturated heterocycles. The van der Waals surface area contributed by atoms with E-state index in [1.54, 1.807) is 0 Å². The number of nitrogens with zero attached hydrogens (tertiary/aromatic N) is 2. The number of hydrogen-bond acceptors (Lipinski definition) is 3. The predicted molar refractivity (Wildman–Crippen MR) is 88.0 cm³/mol. The number of nitrogens with two attached hydrogens (primary N) is 1. The third-order valence-electron chi connectivity index (χ3n) is 3.13. The molecule has 0 atom stereocenters. The molecule has 0 aliphatic rings. The fraction of sp³-hybridized carbons (Fsp3) is 0.600. The molecule has 0 spiro atoms. The molecule has 0 fully saturated rings. The number of hydrogen-bond donors (Lipinski definition) is 1. The van der Waals surface area contributed by atoms with E-state index >= 15 is 0 Å². The second-order valence-corrected chi connectivity index (χ2v) is 5.96. The quantitative estimate of drug-likeness (QED) is 0.796. The van der Waals surface area contributed by atoms with Crippen molar-refractivity contribution < 1.29 is 0 Å². The van der Waals surface area contributed by atoms with Crippen molar-refractivity contribution in [2.24, 2.45) is 5.73 Å². The maximum absolute atomic E-state index is 5.62. The molecular formula is C15H26BrN3. The number of halogens is 1. The van der Waals surface area contributed by atoms with E-state index in [0.717, 1.165) is 32.5 Å². The standard InChI is InChI=1S/C15H26BrN3/c1-4-9-19(11-10-18(2)3)14-6-5-13(7-8-17)15(16)12-14/h5-6,12H,4,7-11,17H2,1-3H3. The lowest BCUT2D eigenvalue weighted by Crippen LogP contribution is -2.32. The van der Waals surface area contributed by atoms with Crippen LogP contribution in [0.4, 0.5) is 5.69 Å². The summed E-state index contributed by atoms with van der Waals surface area (Å²) < 4.78 is 1.17. The molecule has 3 nitrogen and oxygen atoms in total. The topological polar surface area (TPSA) is 32.5 Å². The Hall–Kier alpha value is -0.580. The number of likely N-dealkylation sites (N-methyl/N-ethyl adjacent to an activating group) is 1. The van der Waals surface area contributed by atoms with Crippen LogP contribution in [0.5, 0.6) is 0 Å². The van der Waals surface area contributed by atoms with Gasteiger partial charge in [-0.15, -0.1) is 0 Å². The monoisotopic (exact) mass is 327 g/mol. The van der Waals surface area contributed by atoms with Gasteiger partial charge in [-0.1, -0.05) is 28.9 Å². The molecule has 1 aromatic rings. The molecule has 0 unspecified atom stereocenters. The van der Waals surface area contributed by atoms with E-state index in [0.29, 0.717) is 6.54 Å². The molecular weight excluding hydrogens is 302 g/mol. The highest BCUT2D eigenvalue weighted by Gasteiger charge is 2.08. The smallest absolute Gasteiger partial charge is 0.0378 e. The van der Waals surface area contributed by atoms with Gasteiger partial charge >= 0.3 is 0 Å². The van der Waals surface area contributed by atoms with Gasteiger partial charge in [0, 0.05) is 29.8 Å². The van der Waals surface area contributed by atoms with Crippen LogP contribution in [0.1, 0.15) is 18.9 Å². The molecule has 0 heterocycles. The second kappa shape index (κ2) is 8.56. The van der Waals surface area contributed by atoms with Gasteiger partial charge in [0.1, 0.15) is 0 Å². The number of anilines is 1. The predicted octanol–water partition coefficient (Wildman–Crippen LogP) is 2.73. The normalized spacial score (nSPS) is 11.1. The zero-order chi connectivity index (χ0) is 14.3. The molecule has 0 aliphatic carbocycles. The summed E-state index contributed by atoms with van der Waals surface area (Å²) in [6, 6.07) is 6.61. The first kappa shape index (κ1) is 16.5. The van der Waals surface area contributed by atoms with Gasteiger partial charge in [0.05, 0.1) is 0 Å². The summed E-state index contributed by atoms with van der Waals surface area (Å²) >= 11 is 3.65. The minimum absolute atomic E-state index is 0.692. The van der Waals surface area contributed by atoms with Crippen molar-refractivity contribution in [3.8, 4) is 0 Å². The van der Waals surface area contributed by atoms with Crippen molar-refractivity contribution in [2.45, 2.75) is 19.8 Å². The van der Waals surface area contributed by atoms with Crippen molar-refractivity contribution in [1.29, 1.82) is 0 Å². The van der Waals surface area contributed by atoms with Crippen LogP contribution in [0.3, 0.4) is 0 Å². The lowest BCUT2D eigenvalue weighted by molar-refractivity contribution is 0.413. The van der Waals surface area contributed by atoms with E-state index in [1.165, 1.54) is 15.7 Å². The summed E-state index contributed by atoms with van der Waals surface area (Å²) in [6.07, 6.45) is 2.09. The second-order valence-electron chi connectivity index (χ2n) is 5.10. The molecule has 108 valence electrons. The third kappa shape index (κ3) is 5.51. The minimum atomic E-state index is 0.692. The van der Waals surface area contributed by atoms with Gasteiger partial charge in [-0.25, -0.2) is 0 Å². The fourth-order valence-corrected chi connectivity index (χ4v) is 2.62. The Morgan fingerprint density at radius 1 is 1.16 bits per heavy atom. The highest BCUT2D eigenvalue weighted by atomic mass is 79.9. The summed E-state index contributed by atoms with van der Waals surface area (Å²) in [7, 11) is 4.23. The van der Waals surface area contributed by atoms with Crippen LogP contribution >= 0.6 is 15.9 Å². The van der Waals surface area contributed by atoms with Crippen molar-refractivity contribution in [1.82, 2.24) is 4.90 Å². The van der Waals surface area contributed by atoms with E-state index in [4.69, 9.17) is 5.73 Å². The third-order valence-corrected chi connectivity index (χ3v) is 3.86. The first-order valence-corrected chi connectivity index (χ1v) is 7.76. The van der Waals surface area contributed by atoms with Gasteiger partial charge in [0.2, 0.25) is 0 Å². The lowest BCUT2D eigenvalue weighted by Gasteiger charge is -2.26. The fourth-order valence-electron chi connectivity index (χ4n) is 2.05. The minimum Gasteiger partial charge on any atom is -0.370 e. The van der Waals surface area contributed by atoms with Crippen molar-refractivity contribution in [3.05, 3.63) is 28.2 Å². The summed E-state index contributed by atoms with van der Waals surface area (Å²) in [6.45, 7) is 6.14. The Bertz CT molecular complexity index is 380. The molecule has 1 aromatic carbocycles. The van der Waals surface area contributed by atoms with Gasteiger partial charge < -0.3 is 15.5 Å². The van der Waals surface area contributed by atoms with Crippen LogP contribution in [0.2, 0.25) is 0 Å². The van der Waals surface area contributed by atoms with E-state index < -0.39 is 0 Å². The Balaban J connectivity index is 2.80. The van der Waals surface area contributed by atoms with E-state index in [2.05, 4.69) is 64.9 Å². The molecule has 2 N–H and O–H groups in total.